The molecule has 0 aliphatic carbocycles. The summed E-state index contributed by atoms with van der Waals surface area (Å²) in [7, 11) is 4.41. The van der Waals surface area contributed by atoms with Crippen LogP contribution in [0.25, 0.3) is 11.6 Å². The Kier molecular flexibility index (Phi) is 5.19. The van der Waals surface area contributed by atoms with E-state index in [4.69, 9.17) is 14.2 Å². The number of carbonyl (C=O) groups is 1. The summed E-state index contributed by atoms with van der Waals surface area (Å²) < 4.78 is 15.9. The third kappa shape index (κ3) is 3.42. The van der Waals surface area contributed by atoms with Gasteiger partial charge in [-0.15, -0.1) is 0 Å². The van der Waals surface area contributed by atoms with Crippen LogP contribution in [0, 0.1) is 0 Å². The number of nitrogens with zero attached hydrogens (tertiary/aromatic N) is 1. The first-order valence-corrected chi connectivity index (χ1v) is 6.77. The minimum Gasteiger partial charge on any atom is -0.493 e. The number of ether oxygens (including phenoxy) is 3. The molecule has 120 valence electrons. The molecule has 0 radical (unpaired) electrons. The summed E-state index contributed by atoms with van der Waals surface area (Å²) in [6.45, 7) is 0. The molecule has 0 atom stereocenters. The summed E-state index contributed by atoms with van der Waals surface area (Å²) in [5, 5.41) is 9.57. The molecule has 23 heavy (non-hydrogen) atoms. The van der Waals surface area contributed by atoms with Crippen molar-refractivity contribution in [2.45, 2.75) is 0 Å². The second-order valence-corrected chi connectivity index (χ2v) is 4.50. The van der Waals surface area contributed by atoms with Gasteiger partial charge in [-0.3, -0.25) is 4.98 Å². The van der Waals surface area contributed by atoms with Crippen molar-refractivity contribution in [3.8, 4) is 17.2 Å². The van der Waals surface area contributed by atoms with E-state index in [-0.39, 0.29) is 11.3 Å². The molecule has 6 nitrogen and oxygen atoms in total. The van der Waals surface area contributed by atoms with Crippen molar-refractivity contribution in [1.29, 1.82) is 0 Å². The zero-order chi connectivity index (χ0) is 16.8. The smallest absolute Gasteiger partial charge is 0.336 e. The third-order valence-electron chi connectivity index (χ3n) is 3.20. The van der Waals surface area contributed by atoms with Crippen molar-refractivity contribution in [3.05, 3.63) is 47.8 Å². The SMILES string of the molecule is COc1ccc(/C(=C/c2ccccn2)C(=O)O)c(OC)c1OC. The van der Waals surface area contributed by atoms with Crippen LogP contribution in [0.3, 0.4) is 0 Å². The third-order valence-corrected chi connectivity index (χ3v) is 3.20. The van der Waals surface area contributed by atoms with Gasteiger partial charge in [0.2, 0.25) is 5.75 Å². The van der Waals surface area contributed by atoms with E-state index in [0.717, 1.165) is 0 Å². The largest absolute Gasteiger partial charge is 0.493 e. The van der Waals surface area contributed by atoms with Crippen LogP contribution in [0.2, 0.25) is 0 Å². The first-order valence-electron chi connectivity index (χ1n) is 6.77. The standard InChI is InChI=1S/C17H17NO5/c1-21-14-8-7-12(15(22-2)16(14)23-3)13(17(19)20)10-11-6-4-5-9-18-11/h4-10H,1-3H3,(H,19,20)/b13-10-. The van der Waals surface area contributed by atoms with Crippen molar-refractivity contribution < 1.29 is 24.1 Å². The van der Waals surface area contributed by atoms with Gasteiger partial charge >= 0.3 is 5.97 Å². The van der Waals surface area contributed by atoms with Crippen molar-refractivity contribution in [2.75, 3.05) is 21.3 Å². The van der Waals surface area contributed by atoms with Crippen LogP contribution >= 0.6 is 0 Å². The molecule has 0 saturated carbocycles. The molecule has 2 aromatic rings. The predicted octanol–water partition coefficient (Wildman–Crippen LogP) is 2.73. The minimum absolute atomic E-state index is 0.0431. The van der Waals surface area contributed by atoms with Gasteiger partial charge in [0.25, 0.3) is 0 Å². The van der Waals surface area contributed by atoms with Gasteiger partial charge < -0.3 is 19.3 Å². The van der Waals surface area contributed by atoms with Gasteiger partial charge in [0.05, 0.1) is 32.6 Å². The topological polar surface area (TPSA) is 77.9 Å². The van der Waals surface area contributed by atoms with Gasteiger partial charge in [-0.05, 0) is 30.3 Å². The summed E-state index contributed by atoms with van der Waals surface area (Å²) in [5.41, 5.74) is 0.951. The summed E-state index contributed by atoms with van der Waals surface area (Å²) in [6, 6.07) is 8.50. The zero-order valence-electron chi connectivity index (χ0n) is 13.1. The lowest BCUT2D eigenvalue weighted by molar-refractivity contribution is -0.130. The molecule has 1 aromatic carbocycles. The van der Waals surface area contributed by atoms with Crippen LogP contribution in [-0.4, -0.2) is 37.4 Å². The molecule has 0 fully saturated rings. The minimum atomic E-state index is -1.10. The maximum Gasteiger partial charge on any atom is 0.336 e. The molecule has 1 N–H and O–H groups in total. The second-order valence-electron chi connectivity index (χ2n) is 4.50. The second kappa shape index (κ2) is 7.31. The molecule has 0 bridgehead atoms. The number of carboxylic acids is 1. The number of pyridine rings is 1. The fraction of sp³-hybridized carbons (Fsp3) is 0.176. The molecule has 1 heterocycles. The fourth-order valence-corrected chi connectivity index (χ4v) is 2.18. The normalized spacial score (nSPS) is 11.0. The first-order chi connectivity index (χ1) is 11.1. The highest BCUT2D eigenvalue weighted by Gasteiger charge is 2.22. The molecule has 0 amide bonds. The van der Waals surface area contributed by atoms with Gasteiger partial charge in [0.15, 0.2) is 11.5 Å². The Morgan fingerprint density at radius 3 is 2.30 bits per heavy atom. The van der Waals surface area contributed by atoms with Gasteiger partial charge in [0, 0.05) is 11.8 Å². The Balaban J connectivity index is 2.65. The summed E-state index contributed by atoms with van der Waals surface area (Å²) in [6.07, 6.45) is 3.07. The van der Waals surface area contributed by atoms with E-state index in [2.05, 4.69) is 4.98 Å². The number of benzene rings is 1. The zero-order valence-corrected chi connectivity index (χ0v) is 13.1. The average Bonchev–Trinajstić information content (AvgIpc) is 2.58. The van der Waals surface area contributed by atoms with E-state index in [1.54, 1.807) is 36.5 Å². The predicted molar refractivity (Wildman–Crippen MR) is 85.8 cm³/mol. The molecule has 0 aliphatic heterocycles. The lowest BCUT2D eigenvalue weighted by Crippen LogP contribution is -2.04. The number of hydrogen-bond donors (Lipinski definition) is 1. The van der Waals surface area contributed by atoms with E-state index >= 15 is 0 Å². The average molecular weight is 315 g/mol. The molecule has 0 unspecified atom stereocenters. The fourth-order valence-electron chi connectivity index (χ4n) is 2.18. The van der Waals surface area contributed by atoms with Gasteiger partial charge in [-0.2, -0.15) is 0 Å². The Labute approximate surface area is 134 Å². The van der Waals surface area contributed by atoms with Crippen molar-refractivity contribution in [2.24, 2.45) is 0 Å². The van der Waals surface area contributed by atoms with Crippen molar-refractivity contribution in [3.63, 3.8) is 0 Å². The highest BCUT2D eigenvalue weighted by Crippen LogP contribution is 2.42. The molecular weight excluding hydrogens is 298 g/mol. The van der Waals surface area contributed by atoms with E-state index in [1.807, 2.05) is 0 Å². The summed E-state index contributed by atoms with van der Waals surface area (Å²) >= 11 is 0. The lowest BCUT2D eigenvalue weighted by atomic mass is 10.0. The van der Waals surface area contributed by atoms with Crippen molar-refractivity contribution >= 4 is 17.6 Å². The molecule has 0 aliphatic rings. The highest BCUT2D eigenvalue weighted by atomic mass is 16.5. The number of methoxy groups -OCH3 is 3. The summed E-state index contributed by atoms with van der Waals surface area (Å²) in [5.74, 6) is -0.0195. The molecule has 2 rings (SSSR count). The molecular formula is C17H17NO5. The van der Waals surface area contributed by atoms with E-state index in [9.17, 15) is 9.90 Å². The maximum atomic E-state index is 11.7. The molecule has 6 heteroatoms. The van der Waals surface area contributed by atoms with Crippen LogP contribution < -0.4 is 14.2 Å². The quantitative estimate of drug-likeness (QED) is 0.826. The van der Waals surface area contributed by atoms with E-state index in [1.165, 1.54) is 27.4 Å². The van der Waals surface area contributed by atoms with Crippen LogP contribution in [0.4, 0.5) is 0 Å². The van der Waals surface area contributed by atoms with E-state index < -0.39 is 5.97 Å². The van der Waals surface area contributed by atoms with Crippen molar-refractivity contribution in [1.82, 2.24) is 4.98 Å². The highest BCUT2D eigenvalue weighted by molar-refractivity contribution is 6.21. The van der Waals surface area contributed by atoms with E-state index in [0.29, 0.717) is 22.8 Å². The van der Waals surface area contributed by atoms with Gasteiger partial charge in [-0.25, -0.2) is 4.79 Å². The molecule has 0 saturated heterocycles. The number of rotatable bonds is 6. The maximum absolute atomic E-state index is 11.7. The Morgan fingerprint density at radius 2 is 1.78 bits per heavy atom. The lowest BCUT2D eigenvalue weighted by Gasteiger charge is -2.16. The molecule has 1 aromatic heterocycles. The Morgan fingerprint density at radius 1 is 1.04 bits per heavy atom. The van der Waals surface area contributed by atoms with Crippen LogP contribution in [0.5, 0.6) is 17.2 Å². The summed E-state index contributed by atoms with van der Waals surface area (Å²) in [4.78, 5) is 15.8. The Hall–Kier alpha value is -3.02. The van der Waals surface area contributed by atoms with Crippen LogP contribution in [-0.2, 0) is 4.79 Å². The van der Waals surface area contributed by atoms with Crippen LogP contribution in [0.1, 0.15) is 11.3 Å². The number of carboxylic acid groups (broad SMARTS) is 1. The number of aliphatic carboxylic acids is 1. The van der Waals surface area contributed by atoms with Crippen LogP contribution in [0.15, 0.2) is 36.5 Å². The number of hydrogen-bond acceptors (Lipinski definition) is 5. The first kappa shape index (κ1) is 16.4. The monoisotopic (exact) mass is 315 g/mol. The molecule has 0 spiro atoms. The number of aromatic nitrogens is 1. The Bertz CT molecular complexity index is 725. The van der Waals surface area contributed by atoms with Gasteiger partial charge in [0.1, 0.15) is 0 Å². The van der Waals surface area contributed by atoms with Gasteiger partial charge in [-0.1, -0.05) is 6.07 Å².